The summed E-state index contributed by atoms with van der Waals surface area (Å²) in [7, 11) is 1.78. The van der Waals surface area contributed by atoms with E-state index in [0.29, 0.717) is 11.5 Å². The van der Waals surface area contributed by atoms with Gasteiger partial charge in [0.15, 0.2) is 0 Å². The summed E-state index contributed by atoms with van der Waals surface area (Å²) in [5.74, 6) is 3.53. The van der Waals surface area contributed by atoms with Gasteiger partial charge in [0.1, 0.15) is 5.75 Å². The second-order valence-corrected chi connectivity index (χ2v) is 10.8. The van der Waals surface area contributed by atoms with Crippen molar-refractivity contribution >= 4 is 0 Å². The molecule has 3 aliphatic carbocycles. The first-order valence-corrected chi connectivity index (χ1v) is 13.1. The highest BCUT2D eigenvalue weighted by Gasteiger charge is 2.54. The number of hydrogen-bond acceptors (Lipinski definition) is 5. The summed E-state index contributed by atoms with van der Waals surface area (Å²) in [6.07, 6.45) is 8.07. The molecule has 0 amide bonds. The average molecular weight is 442 g/mol. The minimum atomic E-state index is 0.471. The van der Waals surface area contributed by atoms with Crippen molar-refractivity contribution in [2.24, 2.45) is 17.3 Å². The first-order valence-electron chi connectivity index (χ1n) is 13.1. The molecule has 0 radical (unpaired) electrons. The van der Waals surface area contributed by atoms with Crippen LogP contribution in [0.25, 0.3) is 0 Å². The Labute approximate surface area is 194 Å². The van der Waals surface area contributed by atoms with Gasteiger partial charge < -0.3 is 20.1 Å². The Morgan fingerprint density at radius 2 is 1.97 bits per heavy atom. The maximum Gasteiger partial charge on any atom is 0.119 e. The van der Waals surface area contributed by atoms with Gasteiger partial charge in [0.2, 0.25) is 0 Å². The quantitative estimate of drug-likeness (QED) is 0.605. The maximum absolute atomic E-state index is 5.49. The Kier molecular flexibility index (Phi) is 7.08. The van der Waals surface area contributed by atoms with Crippen LogP contribution in [0.1, 0.15) is 56.1 Å². The molecule has 32 heavy (non-hydrogen) atoms. The third-order valence-corrected chi connectivity index (χ3v) is 9.33. The summed E-state index contributed by atoms with van der Waals surface area (Å²) in [5.41, 5.74) is 3.65. The molecule has 5 nitrogen and oxygen atoms in total. The molecule has 1 aromatic rings. The Bertz CT molecular complexity index is 765. The molecule has 3 fully saturated rings. The number of fused-ring (bicyclic) bond motifs is 5. The molecular weight excluding hydrogens is 398 g/mol. The molecule has 5 rings (SSSR count). The zero-order chi connectivity index (χ0) is 22.0. The van der Waals surface area contributed by atoms with E-state index in [2.05, 4.69) is 40.7 Å². The number of aryl methyl sites for hydroxylation is 1. The van der Waals surface area contributed by atoms with Crippen molar-refractivity contribution < 1.29 is 9.47 Å². The van der Waals surface area contributed by atoms with Crippen molar-refractivity contribution in [3.8, 4) is 5.75 Å². The number of ether oxygens (including phenoxy) is 2. The highest BCUT2D eigenvalue weighted by Crippen LogP contribution is 2.60. The molecule has 1 aliphatic heterocycles. The number of nitrogens with one attached hydrogen (secondary N) is 2. The van der Waals surface area contributed by atoms with Crippen LogP contribution in [0.2, 0.25) is 0 Å². The molecule has 5 heteroatoms. The average Bonchev–Trinajstić information content (AvgIpc) is 3.17. The lowest BCUT2D eigenvalue weighted by Gasteiger charge is -2.51. The van der Waals surface area contributed by atoms with Crippen LogP contribution in [0, 0.1) is 17.3 Å². The van der Waals surface area contributed by atoms with E-state index in [-0.39, 0.29) is 0 Å². The lowest BCUT2D eigenvalue weighted by molar-refractivity contribution is 0.0381. The number of nitrogens with zero attached hydrogens (tertiary/aromatic N) is 1. The minimum Gasteiger partial charge on any atom is -0.497 e. The van der Waals surface area contributed by atoms with Gasteiger partial charge in [-0.2, -0.15) is 0 Å². The number of rotatable bonds is 8. The number of morpholine rings is 1. The van der Waals surface area contributed by atoms with Crippen molar-refractivity contribution in [2.45, 2.75) is 57.4 Å². The molecule has 1 saturated heterocycles. The Morgan fingerprint density at radius 1 is 1.09 bits per heavy atom. The second kappa shape index (κ2) is 10.0. The van der Waals surface area contributed by atoms with Crippen molar-refractivity contribution in [3.63, 3.8) is 0 Å². The molecule has 0 bridgehead atoms. The largest absolute Gasteiger partial charge is 0.497 e. The highest BCUT2D eigenvalue weighted by atomic mass is 16.5. The van der Waals surface area contributed by atoms with Gasteiger partial charge in [-0.15, -0.1) is 0 Å². The third-order valence-electron chi connectivity index (χ3n) is 9.33. The van der Waals surface area contributed by atoms with E-state index in [0.717, 1.165) is 76.0 Å². The molecule has 0 unspecified atom stereocenters. The summed E-state index contributed by atoms with van der Waals surface area (Å²) < 4.78 is 10.9. The van der Waals surface area contributed by atoms with Gasteiger partial charge in [0.25, 0.3) is 0 Å². The van der Waals surface area contributed by atoms with Crippen LogP contribution in [-0.4, -0.2) is 70.5 Å². The van der Waals surface area contributed by atoms with Crippen LogP contribution < -0.4 is 15.4 Å². The van der Waals surface area contributed by atoms with Gasteiger partial charge in [0, 0.05) is 45.3 Å². The zero-order valence-electron chi connectivity index (χ0n) is 20.2. The SMILES string of the molecule is COc1ccc2c(c1)CC[C@@H]1[C@@H]2CC[C@]2(C)[C@@H](NCCNCCN3CCOCC3)CC[C@@H]12. The van der Waals surface area contributed by atoms with Crippen molar-refractivity contribution in [3.05, 3.63) is 29.3 Å². The molecule has 4 aliphatic rings. The summed E-state index contributed by atoms with van der Waals surface area (Å²) >= 11 is 0. The zero-order valence-corrected chi connectivity index (χ0v) is 20.2. The first-order chi connectivity index (χ1) is 15.7. The first kappa shape index (κ1) is 22.6. The molecule has 1 heterocycles. The monoisotopic (exact) mass is 441 g/mol. The third kappa shape index (κ3) is 4.46. The Morgan fingerprint density at radius 3 is 2.81 bits per heavy atom. The molecule has 5 atom stereocenters. The predicted octanol–water partition coefficient (Wildman–Crippen LogP) is 3.43. The molecule has 178 valence electrons. The maximum atomic E-state index is 5.49. The number of methoxy groups -OCH3 is 1. The normalized spacial score (nSPS) is 34.6. The van der Waals surface area contributed by atoms with E-state index < -0.39 is 0 Å². The fourth-order valence-corrected chi connectivity index (χ4v) is 7.54. The summed E-state index contributed by atoms with van der Waals surface area (Å²) in [4.78, 5) is 2.50. The van der Waals surface area contributed by atoms with E-state index in [1.807, 2.05) is 0 Å². The van der Waals surface area contributed by atoms with E-state index in [1.165, 1.54) is 38.5 Å². The Balaban J connectivity index is 1.11. The molecule has 2 N–H and O–H groups in total. The standard InChI is InChI=1S/C27H43N3O2/c1-27-10-9-23-22-6-4-21(31-2)19-20(22)3-5-24(23)25(27)7-8-26(27)29-12-11-28-13-14-30-15-17-32-18-16-30/h4,6,19,23-26,28-29H,3,5,7-18H2,1-2H3/t23-,24-,25+,26+,27+/m1/s1. The van der Waals surface area contributed by atoms with Crippen LogP contribution in [0.5, 0.6) is 5.75 Å². The van der Waals surface area contributed by atoms with Crippen LogP contribution >= 0.6 is 0 Å². The van der Waals surface area contributed by atoms with Crippen molar-refractivity contribution in [2.75, 3.05) is 59.6 Å². The van der Waals surface area contributed by atoms with E-state index in [9.17, 15) is 0 Å². The fraction of sp³-hybridized carbons (Fsp3) is 0.778. The lowest BCUT2D eigenvalue weighted by Crippen LogP contribution is -2.49. The number of benzene rings is 1. The molecule has 0 aromatic heterocycles. The van der Waals surface area contributed by atoms with Crippen molar-refractivity contribution in [1.82, 2.24) is 15.5 Å². The van der Waals surface area contributed by atoms with E-state index >= 15 is 0 Å². The molecule has 1 aromatic carbocycles. The summed E-state index contributed by atoms with van der Waals surface area (Å²) in [6.45, 7) is 11.0. The fourth-order valence-electron chi connectivity index (χ4n) is 7.54. The smallest absolute Gasteiger partial charge is 0.119 e. The molecule has 2 saturated carbocycles. The lowest BCUT2D eigenvalue weighted by atomic mass is 9.55. The van der Waals surface area contributed by atoms with Gasteiger partial charge in [-0.25, -0.2) is 0 Å². The highest BCUT2D eigenvalue weighted by molar-refractivity contribution is 5.40. The van der Waals surface area contributed by atoms with Gasteiger partial charge in [-0.1, -0.05) is 13.0 Å². The van der Waals surface area contributed by atoms with Gasteiger partial charge in [-0.3, -0.25) is 4.90 Å². The minimum absolute atomic E-state index is 0.471. The van der Waals surface area contributed by atoms with Gasteiger partial charge in [0.05, 0.1) is 20.3 Å². The Hall–Kier alpha value is -1.14. The van der Waals surface area contributed by atoms with Crippen LogP contribution in [0.4, 0.5) is 0 Å². The van der Waals surface area contributed by atoms with Crippen LogP contribution in [0.3, 0.4) is 0 Å². The summed E-state index contributed by atoms with van der Waals surface area (Å²) in [6, 6.07) is 7.54. The van der Waals surface area contributed by atoms with E-state index in [1.54, 1.807) is 18.2 Å². The van der Waals surface area contributed by atoms with Crippen LogP contribution in [0.15, 0.2) is 18.2 Å². The molecular formula is C27H43N3O2. The van der Waals surface area contributed by atoms with Crippen LogP contribution in [-0.2, 0) is 11.2 Å². The summed E-state index contributed by atoms with van der Waals surface area (Å²) in [5, 5.41) is 7.63. The van der Waals surface area contributed by atoms with Gasteiger partial charge >= 0.3 is 0 Å². The predicted molar refractivity (Wildman–Crippen MR) is 130 cm³/mol. The second-order valence-electron chi connectivity index (χ2n) is 10.8. The van der Waals surface area contributed by atoms with Crippen molar-refractivity contribution in [1.29, 1.82) is 0 Å². The molecule has 0 spiro atoms. The van der Waals surface area contributed by atoms with Gasteiger partial charge in [-0.05, 0) is 85.0 Å². The topological polar surface area (TPSA) is 45.8 Å². The van der Waals surface area contributed by atoms with E-state index in [4.69, 9.17) is 9.47 Å². The number of hydrogen-bond donors (Lipinski definition) is 2.